The van der Waals surface area contributed by atoms with E-state index in [1.165, 1.54) is 0 Å². The first-order valence-corrected chi connectivity index (χ1v) is 9.70. The fourth-order valence-corrected chi connectivity index (χ4v) is 3.95. The fourth-order valence-electron chi connectivity index (χ4n) is 3.95. The van der Waals surface area contributed by atoms with E-state index in [0.717, 1.165) is 18.4 Å². The molecular formula is C22H25N3O3. The third-order valence-electron chi connectivity index (χ3n) is 5.62. The molecule has 0 spiro atoms. The molecule has 0 unspecified atom stereocenters. The highest BCUT2D eigenvalue weighted by Crippen LogP contribution is 2.29. The lowest BCUT2D eigenvalue weighted by molar-refractivity contribution is -0.138. The van der Waals surface area contributed by atoms with Crippen molar-refractivity contribution in [2.75, 3.05) is 25.5 Å². The van der Waals surface area contributed by atoms with Gasteiger partial charge in [-0.25, -0.2) is 4.79 Å². The third kappa shape index (κ3) is 3.81. The average molecular weight is 379 g/mol. The summed E-state index contributed by atoms with van der Waals surface area (Å²) in [5.41, 5.74) is 1.70. The lowest BCUT2D eigenvalue weighted by atomic mass is 9.95. The molecule has 3 fully saturated rings. The fraction of sp³-hybridized carbons (Fsp3) is 0.364. The number of nitrogens with one attached hydrogen (secondary N) is 1. The van der Waals surface area contributed by atoms with Gasteiger partial charge in [-0.15, -0.1) is 0 Å². The first-order chi connectivity index (χ1) is 13.6. The monoisotopic (exact) mass is 379 g/mol. The zero-order valence-electron chi connectivity index (χ0n) is 16.0. The molecule has 5 rings (SSSR count). The van der Waals surface area contributed by atoms with Crippen molar-refractivity contribution in [3.05, 3.63) is 60.2 Å². The Balaban J connectivity index is 1.44. The van der Waals surface area contributed by atoms with E-state index in [9.17, 15) is 9.59 Å². The zero-order chi connectivity index (χ0) is 19.5. The summed E-state index contributed by atoms with van der Waals surface area (Å²) >= 11 is 0. The number of amides is 3. The van der Waals surface area contributed by atoms with Crippen molar-refractivity contribution in [1.82, 2.24) is 9.80 Å². The van der Waals surface area contributed by atoms with Gasteiger partial charge in [0.2, 0.25) is 5.91 Å². The second kappa shape index (κ2) is 7.92. The van der Waals surface area contributed by atoms with Gasteiger partial charge < -0.3 is 19.9 Å². The summed E-state index contributed by atoms with van der Waals surface area (Å²) in [6.45, 7) is 1.47. The Bertz CT molecular complexity index is 855. The number of ether oxygens (including phenoxy) is 1. The molecule has 2 bridgehead atoms. The Labute approximate surface area is 165 Å². The number of carbonyl (C=O) groups excluding carboxylic acids is 2. The van der Waals surface area contributed by atoms with Gasteiger partial charge in [0.25, 0.3) is 0 Å². The van der Waals surface area contributed by atoms with Crippen LogP contribution in [0.1, 0.15) is 18.4 Å². The molecular weight excluding hydrogens is 354 g/mol. The molecule has 3 aliphatic rings. The maximum atomic E-state index is 12.9. The van der Waals surface area contributed by atoms with Crippen molar-refractivity contribution < 1.29 is 14.3 Å². The molecule has 3 saturated heterocycles. The van der Waals surface area contributed by atoms with E-state index in [2.05, 4.69) is 5.32 Å². The van der Waals surface area contributed by atoms with Crippen LogP contribution in [0.25, 0.3) is 0 Å². The van der Waals surface area contributed by atoms with Crippen molar-refractivity contribution >= 4 is 17.6 Å². The number of fused-ring (bicyclic) bond motifs is 4. The Morgan fingerprint density at radius 1 is 1.07 bits per heavy atom. The lowest BCUT2D eigenvalue weighted by Gasteiger charge is -2.32. The van der Waals surface area contributed by atoms with Crippen LogP contribution >= 0.6 is 0 Å². The van der Waals surface area contributed by atoms with Crippen LogP contribution in [0.4, 0.5) is 10.5 Å². The van der Waals surface area contributed by atoms with Gasteiger partial charge in [0.05, 0.1) is 11.6 Å². The van der Waals surface area contributed by atoms with Gasteiger partial charge in [-0.3, -0.25) is 4.79 Å². The van der Waals surface area contributed by atoms with Crippen LogP contribution in [0.5, 0.6) is 5.75 Å². The van der Waals surface area contributed by atoms with E-state index in [1.807, 2.05) is 61.6 Å². The molecule has 6 heteroatoms. The number of benzene rings is 2. The first-order valence-electron chi connectivity index (χ1n) is 9.70. The molecule has 1 N–H and O–H groups in total. The van der Waals surface area contributed by atoms with E-state index in [4.69, 9.17) is 4.74 Å². The van der Waals surface area contributed by atoms with E-state index >= 15 is 0 Å². The van der Waals surface area contributed by atoms with Gasteiger partial charge in [-0.05, 0) is 30.5 Å². The smallest absolute Gasteiger partial charge is 0.322 e. The van der Waals surface area contributed by atoms with Crippen LogP contribution < -0.4 is 10.1 Å². The summed E-state index contributed by atoms with van der Waals surface area (Å²) in [5, 5.41) is 2.98. The predicted octanol–water partition coefficient (Wildman–Crippen LogP) is 3.35. The molecule has 2 aromatic rings. The Morgan fingerprint density at radius 3 is 2.64 bits per heavy atom. The summed E-state index contributed by atoms with van der Waals surface area (Å²) in [6, 6.07) is 17.3. The van der Waals surface area contributed by atoms with Gasteiger partial charge in [-0.2, -0.15) is 0 Å². The second-order valence-corrected chi connectivity index (χ2v) is 7.48. The molecule has 0 saturated carbocycles. The number of piperidine rings is 1. The predicted molar refractivity (Wildman–Crippen MR) is 107 cm³/mol. The molecule has 2 atom stereocenters. The summed E-state index contributed by atoms with van der Waals surface area (Å²) in [5.74, 6) is 0.683. The maximum Gasteiger partial charge on any atom is 0.322 e. The highest BCUT2D eigenvalue weighted by molar-refractivity contribution is 5.92. The topological polar surface area (TPSA) is 61.9 Å². The normalized spacial score (nSPS) is 21.4. The van der Waals surface area contributed by atoms with Crippen molar-refractivity contribution in [2.45, 2.75) is 25.5 Å². The molecule has 3 heterocycles. The van der Waals surface area contributed by atoms with E-state index < -0.39 is 0 Å². The number of likely N-dealkylation sites (N-methyl/N-ethyl adjacent to an activating group) is 1. The minimum absolute atomic E-state index is 0.0981. The SMILES string of the molecule is CN1C(=O)[C@@H]2CC[C@H]1CN(C(=O)Nc1ccccc1OCc1ccccc1)C2. The summed E-state index contributed by atoms with van der Waals surface area (Å²) < 4.78 is 5.93. The number of carbonyl (C=O) groups is 2. The molecule has 146 valence electrons. The summed E-state index contributed by atoms with van der Waals surface area (Å²) in [7, 11) is 1.84. The van der Waals surface area contributed by atoms with Crippen molar-refractivity contribution in [3.63, 3.8) is 0 Å². The third-order valence-corrected chi connectivity index (χ3v) is 5.62. The Hall–Kier alpha value is -3.02. The van der Waals surface area contributed by atoms with Crippen LogP contribution in [0.15, 0.2) is 54.6 Å². The largest absolute Gasteiger partial charge is 0.487 e. The van der Waals surface area contributed by atoms with Crippen LogP contribution in [0.2, 0.25) is 0 Å². The van der Waals surface area contributed by atoms with Gasteiger partial charge in [0.1, 0.15) is 12.4 Å². The molecule has 0 radical (unpaired) electrons. The average Bonchev–Trinajstić information content (AvgIpc) is 3.01. The minimum atomic E-state index is -0.184. The van der Waals surface area contributed by atoms with Crippen molar-refractivity contribution in [2.24, 2.45) is 5.92 Å². The van der Waals surface area contributed by atoms with Crippen LogP contribution in [0.3, 0.4) is 0 Å². The number of para-hydroxylation sites is 2. The first kappa shape index (κ1) is 18.3. The van der Waals surface area contributed by atoms with E-state index in [-0.39, 0.29) is 23.9 Å². The van der Waals surface area contributed by atoms with Crippen LogP contribution in [0, 0.1) is 5.92 Å². The number of nitrogens with zero attached hydrogens (tertiary/aromatic N) is 2. The van der Waals surface area contributed by atoms with Gasteiger partial charge in [0, 0.05) is 26.2 Å². The van der Waals surface area contributed by atoms with Gasteiger partial charge in [0.15, 0.2) is 0 Å². The lowest BCUT2D eigenvalue weighted by Crippen LogP contribution is -2.45. The van der Waals surface area contributed by atoms with E-state index in [1.54, 1.807) is 9.80 Å². The number of rotatable bonds is 4. The molecule has 0 aliphatic carbocycles. The summed E-state index contributed by atoms with van der Waals surface area (Å²) in [4.78, 5) is 28.8. The maximum absolute atomic E-state index is 12.9. The Kier molecular flexibility index (Phi) is 5.19. The van der Waals surface area contributed by atoms with Gasteiger partial charge >= 0.3 is 6.03 Å². The number of urea groups is 1. The van der Waals surface area contributed by atoms with Crippen LogP contribution in [-0.4, -0.2) is 47.9 Å². The molecule has 0 aromatic heterocycles. The Morgan fingerprint density at radius 2 is 1.82 bits per heavy atom. The highest BCUT2D eigenvalue weighted by Gasteiger charge is 2.40. The van der Waals surface area contributed by atoms with Crippen molar-refractivity contribution in [1.29, 1.82) is 0 Å². The van der Waals surface area contributed by atoms with Gasteiger partial charge in [-0.1, -0.05) is 42.5 Å². The highest BCUT2D eigenvalue weighted by atomic mass is 16.5. The standard InChI is InChI=1S/C22H25N3O3/c1-24-18-12-11-17(21(24)26)13-25(14-18)22(27)23-19-9-5-6-10-20(19)28-15-16-7-3-2-4-8-16/h2-10,17-18H,11-15H2,1H3,(H,23,27)/t17-,18+/m1/s1. The zero-order valence-corrected chi connectivity index (χ0v) is 16.0. The molecule has 2 aromatic carbocycles. The molecule has 6 nitrogen and oxygen atoms in total. The molecule has 3 aliphatic heterocycles. The second-order valence-electron chi connectivity index (χ2n) is 7.48. The molecule has 28 heavy (non-hydrogen) atoms. The quantitative estimate of drug-likeness (QED) is 0.886. The summed E-state index contributed by atoms with van der Waals surface area (Å²) in [6.07, 6.45) is 1.81. The van der Waals surface area contributed by atoms with Crippen LogP contribution in [-0.2, 0) is 11.4 Å². The number of anilines is 1. The minimum Gasteiger partial charge on any atom is -0.487 e. The molecule has 3 amide bonds. The number of hydrogen-bond donors (Lipinski definition) is 1. The van der Waals surface area contributed by atoms with E-state index in [0.29, 0.717) is 31.1 Å². The van der Waals surface area contributed by atoms with Crippen molar-refractivity contribution in [3.8, 4) is 5.75 Å². The number of hydrogen-bond acceptors (Lipinski definition) is 3.